The number of benzene rings is 2. The van der Waals surface area contributed by atoms with E-state index in [2.05, 4.69) is 0 Å². The highest BCUT2D eigenvalue weighted by Gasteiger charge is 2.58. The van der Waals surface area contributed by atoms with E-state index in [1.165, 1.54) is 0 Å². The maximum Gasteiger partial charge on any atom is 0.455 e. The van der Waals surface area contributed by atoms with Crippen molar-refractivity contribution in [2.24, 2.45) is 17.8 Å². The van der Waals surface area contributed by atoms with Gasteiger partial charge in [0, 0.05) is 11.6 Å². The molecule has 4 aliphatic rings. The fourth-order valence-electron chi connectivity index (χ4n) is 7.61. The largest absolute Gasteiger partial charge is 0.507 e. The molecule has 2 aromatic rings. The van der Waals surface area contributed by atoms with Crippen LogP contribution in [0.1, 0.15) is 63.9 Å². The van der Waals surface area contributed by atoms with Gasteiger partial charge in [0.15, 0.2) is 0 Å². The summed E-state index contributed by atoms with van der Waals surface area (Å²) in [5.74, 6) is -0.284. The van der Waals surface area contributed by atoms with Crippen LogP contribution in [-0.4, -0.2) is 52.7 Å². The number of nitrogens with zero attached hydrogens (tertiary/aromatic N) is 1. The average molecular weight is 570 g/mol. The molecular formula is C34H40BNO6. The topological polar surface area (TPSA) is 96.3 Å². The number of ether oxygens (including phenoxy) is 1. The number of imide groups is 1. The molecule has 2 N–H and O–H groups in total. The lowest BCUT2D eigenvalue weighted by Crippen LogP contribution is -2.47. The maximum atomic E-state index is 14.0. The number of carbonyl (C=O) groups is 2. The van der Waals surface area contributed by atoms with Crippen LogP contribution in [0, 0.1) is 17.8 Å². The van der Waals surface area contributed by atoms with E-state index < -0.39 is 25.1 Å². The highest BCUT2D eigenvalue weighted by Crippen LogP contribution is 2.51. The van der Waals surface area contributed by atoms with E-state index in [0.29, 0.717) is 32.2 Å². The molecule has 6 rings (SSSR count). The average Bonchev–Trinajstić information content (AvgIpc) is 3.25. The number of amides is 2. The number of fused-ring (bicyclic) bond motifs is 3. The first-order chi connectivity index (χ1) is 20.4. The first-order valence-electron chi connectivity index (χ1n) is 15.5. The molecule has 220 valence electrons. The van der Waals surface area contributed by atoms with Crippen LogP contribution in [0.4, 0.5) is 0 Å². The van der Waals surface area contributed by atoms with Gasteiger partial charge in [0.25, 0.3) is 0 Å². The Hall–Kier alpha value is -3.36. The molecule has 42 heavy (non-hydrogen) atoms. The van der Waals surface area contributed by atoms with Crippen LogP contribution in [0.25, 0.3) is 6.08 Å². The van der Waals surface area contributed by atoms with Crippen molar-refractivity contribution in [1.82, 2.24) is 4.90 Å². The summed E-state index contributed by atoms with van der Waals surface area (Å²) in [6.07, 6.45) is 8.63. The van der Waals surface area contributed by atoms with Crippen molar-refractivity contribution >= 4 is 25.0 Å². The molecule has 2 aliphatic heterocycles. The summed E-state index contributed by atoms with van der Waals surface area (Å²) in [4.78, 5) is 29.4. The Labute approximate surface area is 248 Å². The molecule has 7 nitrogen and oxygen atoms in total. The van der Waals surface area contributed by atoms with Gasteiger partial charge in [-0.1, -0.05) is 67.3 Å². The smallest absolute Gasteiger partial charge is 0.455 e. The van der Waals surface area contributed by atoms with E-state index in [-0.39, 0.29) is 29.5 Å². The SMILES string of the molecule is C/C(=C\c1ccccc1O)CC[C@H]1OB(O)C[C@H]2C1=C(COc1ccccc1)C[C@H]1C(=O)N(C3CCCCC3)C(=O)[C@H]12. The summed E-state index contributed by atoms with van der Waals surface area (Å²) >= 11 is 0. The van der Waals surface area contributed by atoms with Gasteiger partial charge in [-0.25, -0.2) is 0 Å². The van der Waals surface area contributed by atoms with E-state index in [1.54, 1.807) is 17.0 Å². The van der Waals surface area contributed by atoms with Gasteiger partial charge < -0.3 is 19.5 Å². The molecule has 2 saturated heterocycles. The predicted octanol–water partition coefficient (Wildman–Crippen LogP) is 5.78. The molecular weight excluding hydrogens is 529 g/mol. The number of rotatable bonds is 8. The molecule has 8 heteroatoms. The van der Waals surface area contributed by atoms with Crippen molar-refractivity contribution in [3.63, 3.8) is 0 Å². The number of hydrogen-bond donors (Lipinski definition) is 2. The summed E-state index contributed by atoms with van der Waals surface area (Å²) < 4.78 is 12.4. The van der Waals surface area contributed by atoms with Crippen molar-refractivity contribution in [1.29, 1.82) is 0 Å². The molecule has 0 radical (unpaired) electrons. The van der Waals surface area contributed by atoms with Crippen molar-refractivity contribution in [3.05, 3.63) is 76.9 Å². The van der Waals surface area contributed by atoms with Crippen molar-refractivity contribution in [2.45, 2.75) is 76.8 Å². The molecule has 2 amide bonds. The number of likely N-dealkylation sites (tertiary alicyclic amines) is 1. The summed E-state index contributed by atoms with van der Waals surface area (Å²) in [5.41, 5.74) is 3.87. The fraction of sp³-hybridized carbons (Fsp3) is 0.471. The normalized spacial score (nSPS) is 26.9. The summed E-state index contributed by atoms with van der Waals surface area (Å²) in [6.45, 7) is 2.34. The zero-order chi connectivity index (χ0) is 29.2. The van der Waals surface area contributed by atoms with Crippen LogP contribution in [0.2, 0.25) is 6.32 Å². The molecule has 0 bridgehead atoms. The number of carbonyl (C=O) groups excluding carboxylic acids is 2. The van der Waals surface area contributed by atoms with E-state index in [1.807, 2.05) is 55.5 Å². The molecule has 1 saturated carbocycles. The quantitative estimate of drug-likeness (QED) is 0.238. The van der Waals surface area contributed by atoms with Crippen molar-refractivity contribution in [2.75, 3.05) is 6.61 Å². The molecule has 2 heterocycles. The first-order valence-corrected chi connectivity index (χ1v) is 15.5. The Balaban J connectivity index is 1.30. The summed E-state index contributed by atoms with van der Waals surface area (Å²) in [7, 11) is -1.01. The molecule has 0 unspecified atom stereocenters. The van der Waals surface area contributed by atoms with Gasteiger partial charge in [-0.3, -0.25) is 14.5 Å². The van der Waals surface area contributed by atoms with Crippen LogP contribution >= 0.6 is 0 Å². The second-order valence-corrected chi connectivity index (χ2v) is 12.3. The van der Waals surface area contributed by atoms with Crippen LogP contribution in [-0.2, 0) is 14.2 Å². The van der Waals surface area contributed by atoms with E-state index >= 15 is 0 Å². The number of aromatic hydroxyl groups is 1. The Morgan fingerprint density at radius 1 is 1.02 bits per heavy atom. The van der Waals surface area contributed by atoms with Crippen molar-refractivity contribution < 1.29 is 29.1 Å². The molecule has 0 spiro atoms. The predicted molar refractivity (Wildman–Crippen MR) is 161 cm³/mol. The number of phenolic OH excluding ortho intramolecular Hbond substituents is 1. The van der Waals surface area contributed by atoms with Crippen LogP contribution in [0.5, 0.6) is 11.5 Å². The standard InChI is InChI=1S/C34H40BNO6/c1-22(18-23-10-8-9-15-29(23)37)16-17-30-31-24(21-41-26-13-6-3-7-14-26)19-27-32(28(31)20-35(40)42-30)34(39)36(33(27)38)25-11-4-2-5-12-25/h3,6-10,13-15,18,25,27-28,30,32,37,40H,2,4-5,11-12,16-17,19-21H2,1H3/b22-18+/t27-,28+,30-,32-/m1/s1. The molecule has 4 atom stereocenters. The molecule has 2 aliphatic carbocycles. The van der Waals surface area contributed by atoms with E-state index in [0.717, 1.165) is 60.1 Å². The summed E-state index contributed by atoms with van der Waals surface area (Å²) in [6, 6.07) is 16.8. The lowest BCUT2D eigenvalue weighted by molar-refractivity contribution is -0.143. The number of allylic oxidation sites excluding steroid dienone is 1. The zero-order valence-electron chi connectivity index (χ0n) is 24.3. The number of hydrogen-bond acceptors (Lipinski definition) is 6. The monoisotopic (exact) mass is 569 g/mol. The Morgan fingerprint density at radius 3 is 2.52 bits per heavy atom. The van der Waals surface area contributed by atoms with Crippen LogP contribution in [0.15, 0.2) is 71.3 Å². The van der Waals surface area contributed by atoms with E-state index in [4.69, 9.17) is 9.39 Å². The van der Waals surface area contributed by atoms with Gasteiger partial charge in [-0.05, 0) is 80.6 Å². The fourth-order valence-corrected chi connectivity index (χ4v) is 7.61. The second-order valence-electron chi connectivity index (χ2n) is 12.3. The number of para-hydroxylation sites is 2. The first kappa shape index (κ1) is 28.8. The van der Waals surface area contributed by atoms with Crippen LogP contribution in [0.3, 0.4) is 0 Å². The van der Waals surface area contributed by atoms with Crippen LogP contribution < -0.4 is 4.74 Å². The van der Waals surface area contributed by atoms with Gasteiger partial charge in [0.05, 0.1) is 17.9 Å². The summed E-state index contributed by atoms with van der Waals surface area (Å²) in [5, 5.41) is 21.1. The van der Waals surface area contributed by atoms with Crippen molar-refractivity contribution in [3.8, 4) is 11.5 Å². The van der Waals surface area contributed by atoms with Gasteiger partial charge in [0.1, 0.15) is 18.1 Å². The van der Waals surface area contributed by atoms with Gasteiger partial charge in [-0.2, -0.15) is 0 Å². The molecule has 2 aromatic carbocycles. The third-order valence-electron chi connectivity index (χ3n) is 9.58. The maximum absolute atomic E-state index is 14.0. The minimum absolute atomic E-state index is 0.0143. The third kappa shape index (κ3) is 5.79. The molecule has 0 aromatic heterocycles. The minimum Gasteiger partial charge on any atom is -0.507 e. The zero-order valence-corrected chi connectivity index (χ0v) is 24.3. The highest BCUT2D eigenvalue weighted by atomic mass is 16.5. The van der Waals surface area contributed by atoms with Gasteiger partial charge in [0.2, 0.25) is 11.8 Å². The second kappa shape index (κ2) is 12.5. The lowest BCUT2D eigenvalue weighted by Gasteiger charge is -2.43. The Morgan fingerprint density at radius 2 is 1.76 bits per heavy atom. The lowest BCUT2D eigenvalue weighted by atomic mass is 9.58. The minimum atomic E-state index is -1.01. The van der Waals surface area contributed by atoms with E-state index in [9.17, 15) is 19.7 Å². The van der Waals surface area contributed by atoms with Gasteiger partial charge in [-0.15, -0.1) is 0 Å². The Bertz CT molecular complexity index is 1370. The highest BCUT2D eigenvalue weighted by molar-refractivity contribution is 6.43. The molecule has 3 fully saturated rings. The number of phenols is 1. The Kier molecular flexibility index (Phi) is 8.54. The van der Waals surface area contributed by atoms with Gasteiger partial charge >= 0.3 is 7.12 Å². The third-order valence-corrected chi connectivity index (χ3v) is 9.58.